The number of aromatic nitrogens is 2. The van der Waals surface area contributed by atoms with E-state index in [0.29, 0.717) is 12.0 Å². The molecule has 0 saturated carbocycles. The van der Waals surface area contributed by atoms with Crippen molar-refractivity contribution in [1.29, 1.82) is 0 Å². The SMILES string of the molecule is COc1ccccc1-n1nc(Cc2ccccc2F)c2c1NCCCC2. The van der Waals surface area contributed by atoms with Gasteiger partial charge in [0.1, 0.15) is 23.1 Å². The third-order valence-electron chi connectivity index (χ3n) is 4.84. The predicted molar refractivity (Wildman–Crippen MR) is 101 cm³/mol. The van der Waals surface area contributed by atoms with Gasteiger partial charge in [-0.25, -0.2) is 9.07 Å². The molecule has 0 radical (unpaired) electrons. The molecule has 4 nitrogen and oxygen atoms in total. The van der Waals surface area contributed by atoms with Crippen LogP contribution < -0.4 is 10.1 Å². The zero-order valence-electron chi connectivity index (χ0n) is 14.8. The molecule has 1 N–H and O–H groups in total. The van der Waals surface area contributed by atoms with Crippen LogP contribution in [0.15, 0.2) is 48.5 Å². The van der Waals surface area contributed by atoms with E-state index >= 15 is 0 Å². The van der Waals surface area contributed by atoms with E-state index < -0.39 is 0 Å². The summed E-state index contributed by atoms with van der Waals surface area (Å²) in [6.07, 6.45) is 3.64. The van der Waals surface area contributed by atoms with Crippen molar-refractivity contribution in [1.82, 2.24) is 9.78 Å². The van der Waals surface area contributed by atoms with Crippen molar-refractivity contribution < 1.29 is 9.13 Å². The van der Waals surface area contributed by atoms with Crippen LogP contribution in [0.2, 0.25) is 0 Å². The first-order valence-corrected chi connectivity index (χ1v) is 8.99. The Balaban J connectivity index is 1.83. The minimum atomic E-state index is -0.185. The fourth-order valence-corrected chi connectivity index (χ4v) is 3.52. The molecular formula is C21H22FN3O. The highest BCUT2D eigenvalue weighted by molar-refractivity contribution is 5.58. The average molecular weight is 351 g/mol. The van der Waals surface area contributed by atoms with E-state index in [0.717, 1.165) is 48.8 Å². The number of nitrogens with zero attached hydrogens (tertiary/aromatic N) is 2. The molecule has 4 rings (SSSR count). The van der Waals surface area contributed by atoms with E-state index in [4.69, 9.17) is 9.84 Å². The summed E-state index contributed by atoms with van der Waals surface area (Å²) in [5.41, 5.74) is 3.66. The van der Waals surface area contributed by atoms with Gasteiger partial charge in [0, 0.05) is 18.5 Å². The monoisotopic (exact) mass is 351 g/mol. The Morgan fingerprint density at radius 3 is 2.77 bits per heavy atom. The molecule has 2 aromatic carbocycles. The van der Waals surface area contributed by atoms with Crippen LogP contribution in [-0.2, 0) is 12.8 Å². The van der Waals surface area contributed by atoms with Gasteiger partial charge in [-0.2, -0.15) is 5.10 Å². The van der Waals surface area contributed by atoms with Crippen LogP contribution in [0.25, 0.3) is 5.69 Å². The number of fused-ring (bicyclic) bond motifs is 1. The zero-order chi connectivity index (χ0) is 17.9. The molecule has 0 spiro atoms. The molecule has 3 aromatic rings. The number of methoxy groups -OCH3 is 1. The lowest BCUT2D eigenvalue weighted by molar-refractivity contribution is 0.412. The molecular weight excluding hydrogens is 329 g/mol. The summed E-state index contributed by atoms with van der Waals surface area (Å²) < 4.78 is 21.6. The highest BCUT2D eigenvalue weighted by Gasteiger charge is 2.22. The zero-order valence-corrected chi connectivity index (χ0v) is 14.8. The molecule has 134 valence electrons. The van der Waals surface area contributed by atoms with Crippen molar-refractivity contribution >= 4 is 5.82 Å². The van der Waals surface area contributed by atoms with Gasteiger partial charge in [0.15, 0.2) is 0 Å². The normalized spacial score (nSPS) is 13.6. The molecule has 0 unspecified atom stereocenters. The Kier molecular flexibility index (Phi) is 4.61. The predicted octanol–water partition coefficient (Wildman–Crippen LogP) is 4.36. The summed E-state index contributed by atoms with van der Waals surface area (Å²) in [5, 5.41) is 8.37. The van der Waals surface area contributed by atoms with Crippen LogP contribution in [0, 0.1) is 5.82 Å². The number of para-hydroxylation sites is 2. The Labute approximate surface area is 152 Å². The van der Waals surface area contributed by atoms with Crippen LogP contribution >= 0.6 is 0 Å². The summed E-state index contributed by atoms with van der Waals surface area (Å²) >= 11 is 0. The summed E-state index contributed by atoms with van der Waals surface area (Å²) in [5.74, 6) is 1.58. The molecule has 0 amide bonds. The number of hydrogen-bond acceptors (Lipinski definition) is 3. The Bertz CT molecular complexity index is 919. The summed E-state index contributed by atoms with van der Waals surface area (Å²) in [4.78, 5) is 0. The fourth-order valence-electron chi connectivity index (χ4n) is 3.52. The molecule has 1 aliphatic heterocycles. The van der Waals surface area contributed by atoms with Gasteiger partial charge in [-0.1, -0.05) is 30.3 Å². The molecule has 0 bridgehead atoms. The number of nitrogens with one attached hydrogen (secondary N) is 1. The highest BCUT2D eigenvalue weighted by atomic mass is 19.1. The van der Waals surface area contributed by atoms with Crippen LogP contribution in [-0.4, -0.2) is 23.4 Å². The van der Waals surface area contributed by atoms with Gasteiger partial charge in [-0.3, -0.25) is 0 Å². The van der Waals surface area contributed by atoms with Gasteiger partial charge in [-0.15, -0.1) is 0 Å². The minimum absolute atomic E-state index is 0.185. The van der Waals surface area contributed by atoms with E-state index in [1.54, 1.807) is 13.2 Å². The molecule has 0 aliphatic carbocycles. The molecule has 1 aliphatic rings. The molecule has 0 fully saturated rings. The van der Waals surface area contributed by atoms with Crippen LogP contribution in [0.1, 0.15) is 29.7 Å². The van der Waals surface area contributed by atoms with Gasteiger partial charge < -0.3 is 10.1 Å². The maximum atomic E-state index is 14.2. The number of ether oxygens (including phenoxy) is 1. The first-order valence-electron chi connectivity index (χ1n) is 8.99. The van der Waals surface area contributed by atoms with Gasteiger partial charge in [0.05, 0.1) is 12.8 Å². The Morgan fingerprint density at radius 1 is 1.12 bits per heavy atom. The summed E-state index contributed by atoms with van der Waals surface area (Å²) in [6.45, 7) is 0.910. The third-order valence-corrected chi connectivity index (χ3v) is 4.84. The number of anilines is 1. The molecule has 5 heteroatoms. The average Bonchev–Trinajstić information content (AvgIpc) is 2.84. The van der Waals surface area contributed by atoms with Crippen LogP contribution in [0.3, 0.4) is 0 Å². The molecule has 26 heavy (non-hydrogen) atoms. The summed E-state index contributed by atoms with van der Waals surface area (Å²) in [6, 6.07) is 14.7. The van der Waals surface area contributed by atoms with Gasteiger partial charge in [-0.05, 0) is 43.0 Å². The van der Waals surface area contributed by atoms with Gasteiger partial charge in [0.2, 0.25) is 0 Å². The van der Waals surface area contributed by atoms with E-state index in [1.807, 2.05) is 41.1 Å². The maximum absolute atomic E-state index is 14.2. The number of benzene rings is 2. The first kappa shape index (κ1) is 16.6. The van der Waals surface area contributed by atoms with Crippen molar-refractivity contribution in [2.24, 2.45) is 0 Å². The fraction of sp³-hybridized carbons (Fsp3) is 0.286. The lowest BCUT2D eigenvalue weighted by Crippen LogP contribution is -2.08. The van der Waals surface area contributed by atoms with Crippen molar-refractivity contribution in [3.05, 3.63) is 71.2 Å². The molecule has 0 atom stereocenters. The Hall–Kier alpha value is -2.82. The number of halogens is 1. The highest BCUT2D eigenvalue weighted by Crippen LogP contribution is 2.32. The van der Waals surface area contributed by atoms with Crippen molar-refractivity contribution in [2.75, 3.05) is 19.0 Å². The standard InChI is InChI=1S/C21H22FN3O/c1-26-20-12-5-4-11-19(20)25-21-16(9-6-7-13-23-21)18(24-25)14-15-8-2-3-10-17(15)22/h2-5,8,10-12,23H,6-7,9,13-14H2,1H3. The van der Waals surface area contributed by atoms with E-state index in [-0.39, 0.29) is 5.82 Å². The molecule has 0 saturated heterocycles. The van der Waals surface area contributed by atoms with E-state index in [9.17, 15) is 4.39 Å². The van der Waals surface area contributed by atoms with Crippen LogP contribution in [0.5, 0.6) is 5.75 Å². The molecule has 1 aromatic heterocycles. The molecule has 2 heterocycles. The lowest BCUT2D eigenvalue weighted by Gasteiger charge is -2.12. The van der Waals surface area contributed by atoms with Crippen molar-refractivity contribution in [3.63, 3.8) is 0 Å². The topological polar surface area (TPSA) is 39.1 Å². The lowest BCUT2D eigenvalue weighted by atomic mass is 10.0. The van der Waals surface area contributed by atoms with Crippen molar-refractivity contribution in [2.45, 2.75) is 25.7 Å². The number of rotatable bonds is 4. The van der Waals surface area contributed by atoms with Gasteiger partial charge >= 0.3 is 0 Å². The van der Waals surface area contributed by atoms with E-state index in [1.165, 1.54) is 11.6 Å². The summed E-state index contributed by atoms with van der Waals surface area (Å²) in [7, 11) is 1.66. The second-order valence-electron chi connectivity index (χ2n) is 6.51. The third kappa shape index (κ3) is 3.05. The second kappa shape index (κ2) is 7.20. The number of hydrogen-bond donors (Lipinski definition) is 1. The Morgan fingerprint density at radius 2 is 1.92 bits per heavy atom. The second-order valence-corrected chi connectivity index (χ2v) is 6.51. The maximum Gasteiger partial charge on any atom is 0.144 e. The smallest absolute Gasteiger partial charge is 0.144 e. The van der Waals surface area contributed by atoms with E-state index in [2.05, 4.69) is 5.32 Å². The van der Waals surface area contributed by atoms with Gasteiger partial charge in [0.25, 0.3) is 0 Å². The quantitative estimate of drug-likeness (QED) is 0.759. The largest absolute Gasteiger partial charge is 0.494 e. The van der Waals surface area contributed by atoms with Crippen LogP contribution in [0.4, 0.5) is 10.2 Å². The first-order chi connectivity index (χ1) is 12.8. The van der Waals surface area contributed by atoms with Crippen molar-refractivity contribution in [3.8, 4) is 11.4 Å². The minimum Gasteiger partial charge on any atom is -0.494 e.